The van der Waals surface area contributed by atoms with Gasteiger partial charge in [0, 0.05) is 0 Å². The maximum atomic E-state index is 11.6. The van der Waals surface area contributed by atoms with E-state index < -0.39 is 23.8 Å². The Bertz CT molecular complexity index is 484. The first-order valence-corrected chi connectivity index (χ1v) is 4.54. The first-order valence-electron chi connectivity index (χ1n) is 4.54. The SMILES string of the molecule is NC(=O)C1[N]C(=O)c2ccccc2NC1=O. The van der Waals surface area contributed by atoms with Crippen LogP contribution in [0.1, 0.15) is 10.4 Å². The fourth-order valence-corrected chi connectivity index (χ4v) is 1.42. The minimum absolute atomic E-state index is 0.250. The van der Waals surface area contributed by atoms with Crippen molar-refractivity contribution in [2.24, 2.45) is 5.73 Å². The summed E-state index contributed by atoms with van der Waals surface area (Å²) >= 11 is 0. The van der Waals surface area contributed by atoms with E-state index in [2.05, 4.69) is 10.6 Å². The number of primary amides is 1. The van der Waals surface area contributed by atoms with Crippen LogP contribution in [0, 0.1) is 0 Å². The smallest absolute Gasteiger partial charge is 0.275 e. The molecule has 0 bridgehead atoms. The second kappa shape index (κ2) is 3.65. The number of hydrogen-bond donors (Lipinski definition) is 2. The van der Waals surface area contributed by atoms with E-state index in [9.17, 15) is 14.4 Å². The first-order chi connectivity index (χ1) is 7.59. The first kappa shape index (κ1) is 10.2. The summed E-state index contributed by atoms with van der Waals surface area (Å²) in [5.74, 6) is -2.26. The highest BCUT2D eigenvalue weighted by Crippen LogP contribution is 2.18. The number of benzene rings is 1. The maximum Gasteiger partial charge on any atom is 0.275 e. The number of hydrogen-bond acceptors (Lipinski definition) is 3. The minimum atomic E-state index is -1.46. The summed E-state index contributed by atoms with van der Waals surface area (Å²) in [4.78, 5) is 34.0. The standard InChI is InChI=1S/C10H8N3O3/c11-8(14)7-10(16)12-6-4-2-1-3-5(6)9(15)13-7/h1-4,7H,(H2,11,14)(H,12,16). The van der Waals surface area contributed by atoms with Gasteiger partial charge in [-0.1, -0.05) is 12.1 Å². The Morgan fingerprint density at radius 1 is 1.31 bits per heavy atom. The van der Waals surface area contributed by atoms with Gasteiger partial charge in [0.1, 0.15) is 0 Å². The minimum Gasteiger partial charge on any atom is -0.367 e. The molecule has 1 aliphatic heterocycles. The fraction of sp³-hybridized carbons (Fsp3) is 0.100. The molecule has 0 saturated carbocycles. The zero-order valence-corrected chi connectivity index (χ0v) is 8.14. The number of amides is 3. The molecule has 1 unspecified atom stereocenters. The summed E-state index contributed by atoms with van der Waals surface area (Å²) in [6.45, 7) is 0. The average Bonchev–Trinajstić information content (AvgIpc) is 2.37. The van der Waals surface area contributed by atoms with Crippen molar-refractivity contribution in [1.82, 2.24) is 5.32 Å². The lowest BCUT2D eigenvalue weighted by Crippen LogP contribution is -2.46. The van der Waals surface area contributed by atoms with Gasteiger partial charge in [-0.15, -0.1) is 0 Å². The molecule has 2 rings (SSSR count). The monoisotopic (exact) mass is 218 g/mol. The van der Waals surface area contributed by atoms with E-state index in [4.69, 9.17) is 5.73 Å². The van der Waals surface area contributed by atoms with Gasteiger partial charge in [0.15, 0.2) is 0 Å². The molecule has 0 saturated heterocycles. The Balaban J connectivity index is 2.44. The molecule has 0 aromatic heterocycles. The van der Waals surface area contributed by atoms with Crippen LogP contribution in [0.3, 0.4) is 0 Å². The predicted molar refractivity (Wildman–Crippen MR) is 54.5 cm³/mol. The van der Waals surface area contributed by atoms with Gasteiger partial charge in [0.05, 0.1) is 11.3 Å². The molecule has 6 nitrogen and oxygen atoms in total. The van der Waals surface area contributed by atoms with Gasteiger partial charge in [0.2, 0.25) is 6.04 Å². The van der Waals surface area contributed by atoms with Crippen LogP contribution < -0.4 is 16.4 Å². The summed E-state index contributed by atoms with van der Waals surface area (Å²) < 4.78 is 0. The van der Waals surface area contributed by atoms with Crippen molar-refractivity contribution in [3.63, 3.8) is 0 Å². The molecule has 3 amide bonds. The summed E-state index contributed by atoms with van der Waals surface area (Å²) in [7, 11) is 0. The summed E-state index contributed by atoms with van der Waals surface area (Å²) in [6, 6.07) is 4.93. The van der Waals surface area contributed by atoms with Crippen LogP contribution in [0.25, 0.3) is 0 Å². The van der Waals surface area contributed by atoms with Gasteiger partial charge in [-0.05, 0) is 12.1 Å². The van der Waals surface area contributed by atoms with Crippen LogP contribution in [-0.2, 0) is 9.59 Å². The molecule has 0 aliphatic carbocycles. The number of nitrogens with one attached hydrogen (secondary N) is 1. The van der Waals surface area contributed by atoms with Crippen molar-refractivity contribution in [3.8, 4) is 0 Å². The Hall–Kier alpha value is -2.37. The molecule has 1 radical (unpaired) electrons. The molecule has 1 aromatic carbocycles. The van der Waals surface area contributed by atoms with E-state index in [0.29, 0.717) is 5.69 Å². The summed E-state index contributed by atoms with van der Waals surface area (Å²) in [5, 5.41) is 5.90. The lowest BCUT2D eigenvalue weighted by atomic mass is 10.1. The molecule has 3 N–H and O–H groups in total. The molecule has 0 fully saturated rings. The van der Waals surface area contributed by atoms with Crippen LogP contribution in [0.2, 0.25) is 0 Å². The Kier molecular flexibility index (Phi) is 2.32. The van der Waals surface area contributed by atoms with Gasteiger partial charge in [-0.25, -0.2) is 5.32 Å². The van der Waals surface area contributed by atoms with Gasteiger partial charge in [-0.3, -0.25) is 14.4 Å². The highest BCUT2D eigenvalue weighted by atomic mass is 16.2. The lowest BCUT2D eigenvalue weighted by molar-refractivity contribution is -0.127. The van der Waals surface area contributed by atoms with Crippen molar-refractivity contribution in [3.05, 3.63) is 29.8 Å². The lowest BCUT2D eigenvalue weighted by Gasteiger charge is -2.06. The Labute approximate surface area is 90.8 Å². The molecular weight excluding hydrogens is 210 g/mol. The van der Waals surface area contributed by atoms with Crippen LogP contribution in [0.4, 0.5) is 5.69 Å². The molecule has 1 aliphatic rings. The third kappa shape index (κ3) is 1.60. The van der Waals surface area contributed by atoms with E-state index in [0.717, 1.165) is 0 Å². The van der Waals surface area contributed by atoms with E-state index in [-0.39, 0.29) is 5.56 Å². The molecule has 6 heteroatoms. The van der Waals surface area contributed by atoms with Gasteiger partial charge >= 0.3 is 0 Å². The molecular formula is C10H8N3O3. The number of carbonyl (C=O) groups excluding carboxylic acids is 3. The highest BCUT2D eigenvalue weighted by Gasteiger charge is 2.33. The van der Waals surface area contributed by atoms with Crippen LogP contribution in [-0.4, -0.2) is 23.8 Å². The largest absolute Gasteiger partial charge is 0.367 e. The second-order valence-electron chi connectivity index (χ2n) is 3.27. The van der Waals surface area contributed by atoms with Gasteiger partial charge in [0.25, 0.3) is 17.7 Å². The molecule has 0 spiro atoms. The van der Waals surface area contributed by atoms with Gasteiger partial charge in [-0.2, -0.15) is 0 Å². The number of rotatable bonds is 1. The Morgan fingerprint density at radius 3 is 2.69 bits per heavy atom. The van der Waals surface area contributed by atoms with E-state index in [1.54, 1.807) is 18.2 Å². The molecule has 1 atom stereocenters. The summed E-state index contributed by atoms with van der Waals surface area (Å²) in [5.41, 5.74) is 5.57. The quantitative estimate of drug-likeness (QED) is 0.605. The van der Waals surface area contributed by atoms with Crippen molar-refractivity contribution in [2.75, 3.05) is 5.32 Å². The zero-order chi connectivity index (χ0) is 11.7. The van der Waals surface area contributed by atoms with E-state index in [1.165, 1.54) is 6.07 Å². The van der Waals surface area contributed by atoms with Crippen LogP contribution >= 0.6 is 0 Å². The van der Waals surface area contributed by atoms with Crippen molar-refractivity contribution < 1.29 is 14.4 Å². The number of carbonyl (C=O) groups is 3. The van der Waals surface area contributed by atoms with Crippen molar-refractivity contribution in [2.45, 2.75) is 6.04 Å². The number of anilines is 1. The number of fused-ring (bicyclic) bond motifs is 1. The fourth-order valence-electron chi connectivity index (χ4n) is 1.42. The van der Waals surface area contributed by atoms with Crippen molar-refractivity contribution in [1.29, 1.82) is 0 Å². The number of nitrogens with zero attached hydrogens (tertiary/aromatic N) is 1. The molecule has 81 valence electrons. The number of nitrogens with two attached hydrogens (primary N) is 1. The van der Waals surface area contributed by atoms with Crippen molar-refractivity contribution >= 4 is 23.4 Å². The molecule has 1 aromatic rings. The van der Waals surface area contributed by atoms with Crippen LogP contribution in [0.5, 0.6) is 0 Å². The second-order valence-corrected chi connectivity index (χ2v) is 3.27. The van der Waals surface area contributed by atoms with Crippen LogP contribution in [0.15, 0.2) is 24.3 Å². The topological polar surface area (TPSA) is 103 Å². The normalized spacial score (nSPS) is 19.1. The van der Waals surface area contributed by atoms with Gasteiger partial charge < -0.3 is 11.1 Å². The average molecular weight is 218 g/mol. The third-order valence-electron chi connectivity index (χ3n) is 2.18. The zero-order valence-electron chi connectivity index (χ0n) is 8.14. The summed E-state index contributed by atoms with van der Waals surface area (Å²) in [6.07, 6.45) is 0. The number of para-hydroxylation sites is 1. The predicted octanol–water partition coefficient (Wildman–Crippen LogP) is -0.763. The highest BCUT2D eigenvalue weighted by molar-refractivity contribution is 6.17. The van der Waals surface area contributed by atoms with E-state index in [1.807, 2.05) is 0 Å². The van der Waals surface area contributed by atoms with E-state index >= 15 is 0 Å². The Morgan fingerprint density at radius 2 is 2.00 bits per heavy atom. The third-order valence-corrected chi connectivity index (χ3v) is 2.18. The maximum absolute atomic E-state index is 11.6. The molecule has 16 heavy (non-hydrogen) atoms. The molecule has 1 heterocycles.